The summed E-state index contributed by atoms with van der Waals surface area (Å²) in [6.45, 7) is 0.695. The van der Waals surface area contributed by atoms with Crippen molar-refractivity contribution in [3.63, 3.8) is 0 Å². The van der Waals surface area contributed by atoms with Crippen molar-refractivity contribution in [3.05, 3.63) is 71.8 Å². The molecule has 2 aromatic carbocycles. The van der Waals surface area contributed by atoms with E-state index in [1.165, 1.54) is 12.5 Å². The molecule has 0 saturated carbocycles. The Morgan fingerprint density at radius 1 is 1.28 bits per heavy atom. The summed E-state index contributed by atoms with van der Waals surface area (Å²) >= 11 is 5.56. The number of aromatic nitrogens is 3. The van der Waals surface area contributed by atoms with Gasteiger partial charge in [-0.2, -0.15) is 0 Å². The molecule has 1 aromatic heterocycles. The van der Waals surface area contributed by atoms with Crippen LogP contribution in [0.4, 0.5) is 5.69 Å². The number of hydrogen-bond donors (Lipinski definition) is 1. The van der Waals surface area contributed by atoms with Gasteiger partial charge in [0.2, 0.25) is 11.7 Å². The quantitative estimate of drug-likeness (QED) is 0.469. The third-order valence-corrected chi connectivity index (χ3v) is 5.53. The van der Waals surface area contributed by atoms with Gasteiger partial charge in [0, 0.05) is 18.8 Å². The summed E-state index contributed by atoms with van der Waals surface area (Å²) in [4.78, 5) is 34.3. The Bertz CT molecular complexity index is 1210. The molecule has 0 spiro atoms. The number of hydrogen-bond acceptors (Lipinski definition) is 6. The third kappa shape index (κ3) is 4.54. The molecule has 0 radical (unpaired) electrons. The lowest BCUT2D eigenvalue weighted by molar-refractivity contribution is 0.0987. The van der Waals surface area contributed by atoms with Gasteiger partial charge in [0.1, 0.15) is 18.7 Å². The molecule has 0 fully saturated rings. The molecule has 10 heteroatoms. The van der Waals surface area contributed by atoms with Gasteiger partial charge in [0.15, 0.2) is 0 Å². The van der Waals surface area contributed by atoms with E-state index in [0.29, 0.717) is 28.5 Å². The second-order valence-electron chi connectivity index (χ2n) is 7.20. The first-order valence-corrected chi connectivity index (χ1v) is 10.2. The van der Waals surface area contributed by atoms with Crippen LogP contribution in [0.1, 0.15) is 26.5 Å². The monoisotopic (exact) mass is 448 g/mol. The highest BCUT2D eigenvalue weighted by Gasteiger charge is 2.26. The smallest absolute Gasteiger partial charge is 0.316 e. The van der Waals surface area contributed by atoms with E-state index < -0.39 is 17.7 Å². The van der Waals surface area contributed by atoms with Gasteiger partial charge in [-0.3, -0.25) is 9.59 Å². The van der Waals surface area contributed by atoms with E-state index in [4.69, 9.17) is 22.7 Å². The van der Waals surface area contributed by atoms with Crippen molar-refractivity contribution >= 4 is 40.9 Å². The largest absolute Gasteiger partial charge is 0.490 e. The topological polar surface area (TPSA) is 116 Å². The van der Waals surface area contributed by atoms with E-state index in [1.54, 1.807) is 34.8 Å². The highest BCUT2D eigenvalue weighted by atomic mass is 32.1. The molecule has 1 atom stereocenters. The number of anilines is 1. The number of ether oxygens (including phenoxy) is 1. The lowest BCUT2D eigenvalue weighted by Gasteiger charge is -2.21. The Balaban J connectivity index is 1.46. The van der Waals surface area contributed by atoms with Crippen molar-refractivity contribution in [1.29, 1.82) is 0 Å². The Kier molecular flexibility index (Phi) is 6.04. The van der Waals surface area contributed by atoms with Crippen LogP contribution in [0.15, 0.2) is 59.9 Å². The molecule has 2 amide bonds. The zero-order valence-corrected chi connectivity index (χ0v) is 18.0. The van der Waals surface area contributed by atoms with Crippen LogP contribution in [-0.4, -0.2) is 51.4 Å². The van der Waals surface area contributed by atoms with Crippen LogP contribution in [0.25, 0.3) is 0 Å². The van der Waals surface area contributed by atoms with Crippen LogP contribution >= 0.6 is 12.2 Å². The predicted molar refractivity (Wildman–Crippen MR) is 123 cm³/mol. The molecule has 9 nitrogen and oxygen atoms in total. The summed E-state index contributed by atoms with van der Waals surface area (Å²) in [7, 11) is 1.76. The number of rotatable bonds is 5. The highest BCUT2D eigenvalue weighted by molar-refractivity contribution is 7.80. The molecule has 0 unspecified atom stereocenters. The van der Waals surface area contributed by atoms with E-state index >= 15 is 0 Å². The molecule has 32 heavy (non-hydrogen) atoms. The number of benzene rings is 2. The van der Waals surface area contributed by atoms with E-state index in [0.717, 1.165) is 5.56 Å². The first-order chi connectivity index (χ1) is 15.4. The third-order valence-electron chi connectivity index (χ3n) is 4.96. The van der Waals surface area contributed by atoms with Crippen molar-refractivity contribution in [1.82, 2.24) is 14.8 Å². The van der Waals surface area contributed by atoms with Crippen LogP contribution in [-0.2, 0) is 6.54 Å². The maximum absolute atomic E-state index is 12.5. The van der Waals surface area contributed by atoms with Gasteiger partial charge in [-0.15, -0.1) is 5.10 Å². The molecule has 2 heterocycles. The molecular weight excluding hydrogens is 428 g/mol. The van der Waals surface area contributed by atoms with Gasteiger partial charge in [-0.1, -0.05) is 42.5 Å². The van der Waals surface area contributed by atoms with Crippen molar-refractivity contribution in [2.24, 2.45) is 16.6 Å². The van der Waals surface area contributed by atoms with Gasteiger partial charge >= 0.3 is 5.91 Å². The lowest BCUT2D eigenvalue weighted by Crippen LogP contribution is -2.33. The van der Waals surface area contributed by atoms with Crippen LogP contribution in [0.3, 0.4) is 0 Å². The van der Waals surface area contributed by atoms with Crippen molar-refractivity contribution in [2.75, 3.05) is 18.6 Å². The van der Waals surface area contributed by atoms with Gasteiger partial charge in [-0.05, 0) is 23.8 Å². The number of fused-ring (bicyclic) bond motifs is 1. The molecule has 0 saturated heterocycles. The zero-order chi connectivity index (χ0) is 22.7. The minimum Gasteiger partial charge on any atom is -0.490 e. The first kappa shape index (κ1) is 21.3. The maximum Gasteiger partial charge on any atom is 0.316 e. The van der Waals surface area contributed by atoms with Crippen molar-refractivity contribution < 1.29 is 14.3 Å². The Morgan fingerprint density at radius 2 is 2.06 bits per heavy atom. The first-order valence-electron chi connectivity index (χ1n) is 9.78. The summed E-state index contributed by atoms with van der Waals surface area (Å²) in [6, 6.07) is 14.6. The van der Waals surface area contributed by atoms with Crippen LogP contribution in [0.5, 0.6) is 5.75 Å². The zero-order valence-electron chi connectivity index (χ0n) is 17.2. The minimum atomic E-state index is -0.569. The molecule has 3 aromatic rings. The number of aliphatic imine (C=N–C) groups is 1. The molecular formula is C22H20N6O3S. The van der Waals surface area contributed by atoms with E-state index in [9.17, 15) is 9.59 Å². The molecule has 1 aliphatic heterocycles. The molecule has 2 N–H and O–H groups in total. The number of primary amides is 1. The number of nitrogens with zero attached hydrogens (tertiary/aromatic N) is 5. The number of carbonyl (C=O) groups excluding carboxylic acids is 2. The lowest BCUT2D eigenvalue weighted by atomic mass is 10.1. The standard InChI is InChI=1S/C22H20N6O3S/c1-27-17-9-15(19(23)29)7-8-18(17)31-12-16(22(27)32)10-24-21(30)20-25-13-28(26-20)11-14-5-3-2-4-6-14/h2-10,13,16H,11-12H2,1H3,(H2,23,29)/t16-/m0/s1. The minimum absolute atomic E-state index is 0.000352. The number of amides is 2. The molecule has 0 aliphatic carbocycles. The Morgan fingerprint density at radius 3 is 2.81 bits per heavy atom. The molecule has 0 bridgehead atoms. The number of nitrogens with two attached hydrogens (primary N) is 1. The Labute approximate surface area is 189 Å². The summed E-state index contributed by atoms with van der Waals surface area (Å²) in [5, 5.41) is 4.20. The molecule has 1 aliphatic rings. The van der Waals surface area contributed by atoms with E-state index in [2.05, 4.69) is 15.1 Å². The normalized spacial score (nSPS) is 15.8. The van der Waals surface area contributed by atoms with Gasteiger partial charge in [0.05, 0.1) is 23.1 Å². The van der Waals surface area contributed by atoms with Gasteiger partial charge < -0.3 is 15.4 Å². The summed E-state index contributed by atoms with van der Waals surface area (Å²) in [6.07, 6.45) is 2.94. The van der Waals surface area contributed by atoms with Crippen LogP contribution in [0.2, 0.25) is 0 Å². The molecule has 4 rings (SSSR count). The van der Waals surface area contributed by atoms with Crippen LogP contribution < -0.4 is 15.4 Å². The fraction of sp³-hybridized carbons (Fsp3) is 0.182. The second kappa shape index (κ2) is 9.06. The van der Waals surface area contributed by atoms with Crippen molar-refractivity contribution in [2.45, 2.75) is 6.54 Å². The van der Waals surface area contributed by atoms with Gasteiger partial charge in [0.25, 0.3) is 0 Å². The molecule has 162 valence electrons. The van der Waals surface area contributed by atoms with Crippen LogP contribution in [0, 0.1) is 5.92 Å². The Hall–Kier alpha value is -3.92. The SMILES string of the molecule is CN1C(=S)[C@@H](C=NC(=O)c2ncn(Cc3ccccc3)n2)COc2ccc(C(N)=O)cc21. The van der Waals surface area contributed by atoms with Crippen molar-refractivity contribution in [3.8, 4) is 5.75 Å². The average molecular weight is 449 g/mol. The maximum atomic E-state index is 12.5. The number of carbonyl (C=O) groups is 2. The predicted octanol–water partition coefficient (Wildman–Crippen LogP) is 2.11. The highest BCUT2D eigenvalue weighted by Crippen LogP contribution is 2.33. The van der Waals surface area contributed by atoms with E-state index in [1.807, 2.05) is 30.3 Å². The van der Waals surface area contributed by atoms with Gasteiger partial charge in [-0.25, -0.2) is 14.7 Å². The fourth-order valence-corrected chi connectivity index (χ4v) is 3.46. The number of thiocarbonyl (C=S) groups is 1. The fourth-order valence-electron chi connectivity index (χ4n) is 3.23. The average Bonchev–Trinajstić information content (AvgIpc) is 3.22. The second-order valence-corrected chi connectivity index (χ2v) is 7.61. The summed E-state index contributed by atoms with van der Waals surface area (Å²) < 4.78 is 7.41. The summed E-state index contributed by atoms with van der Waals surface area (Å²) in [5.41, 5.74) is 7.38. The summed E-state index contributed by atoms with van der Waals surface area (Å²) in [5.74, 6) is -0.988. The van der Waals surface area contributed by atoms with E-state index in [-0.39, 0.29) is 12.4 Å².